The SMILES string of the molecule is O=C(Cc1cccc(Cl)c1)N1CCCCO1. The van der Waals surface area contributed by atoms with Gasteiger partial charge in [-0.15, -0.1) is 0 Å². The summed E-state index contributed by atoms with van der Waals surface area (Å²) in [6, 6.07) is 7.35. The molecule has 1 aromatic carbocycles. The lowest BCUT2D eigenvalue weighted by atomic mass is 10.1. The highest BCUT2D eigenvalue weighted by molar-refractivity contribution is 6.30. The van der Waals surface area contributed by atoms with Gasteiger partial charge in [0.1, 0.15) is 0 Å². The van der Waals surface area contributed by atoms with Crippen LogP contribution in [0.4, 0.5) is 0 Å². The largest absolute Gasteiger partial charge is 0.272 e. The maximum absolute atomic E-state index is 11.8. The van der Waals surface area contributed by atoms with E-state index in [0.717, 1.165) is 18.4 Å². The Kier molecular flexibility index (Phi) is 3.80. The van der Waals surface area contributed by atoms with Gasteiger partial charge in [-0.25, -0.2) is 5.06 Å². The summed E-state index contributed by atoms with van der Waals surface area (Å²) in [5, 5.41) is 2.12. The van der Waals surface area contributed by atoms with Crippen molar-refractivity contribution in [1.29, 1.82) is 0 Å². The maximum atomic E-state index is 11.8. The zero-order valence-electron chi connectivity index (χ0n) is 8.99. The standard InChI is InChI=1S/C12H14ClNO2/c13-11-5-3-4-10(8-11)9-12(15)14-6-1-2-7-16-14/h3-5,8H,1-2,6-7,9H2. The Morgan fingerprint density at radius 2 is 2.31 bits per heavy atom. The number of hydrogen-bond donors (Lipinski definition) is 0. The predicted octanol–water partition coefficient (Wildman–Crippen LogP) is 2.44. The van der Waals surface area contributed by atoms with Gasteiger partial charge in [0.05, 0.1) is 13.0 Å². The van der Waals surface area contributed by atoms with Crippen molar-refractivity contribution < 1.29 is 9.63 Å². The summed E-state index contributed by atoms with van der Waals surface area (Å²) in [6.45, 7) is 1.33. The zero-order valence-corrected chi connectivity index (χ0v) is 9.74. The molecule has 0 unspecified atom stereocenters. The molecule has 0 saturated carbocycles. The van der Waals surface area contributed by atoms with Crippen LogP contribution in [0.2, 0.25) is 5.02 Å². The molecule has 86 valence electrons. The highest BCUT2D eigenvalue weighted by atomic mass is 35.5. The molecule has 0 bridgehead atoms. The van der Waals surface area contributed by atoms with Gasteiger partial charge in [-0.2, -0.15) is 0 Å². The number of carbonyl (C=O) groups is 1. The lowest BCUT2D eigenvalue weighted by Crippen LogP contribution is -2.36. The van der Waals surface area contributed by atoms with Gasteiger partial charge in [0.2, 0.25) is 0 Å². The monoisotopic (exact) mass is 239 g/mol. The topological polar surface area (TPSA) is 29.5 Å². The fourth-order valence-electron chi connectivity index (χ4n) is 1.70. The van der Waals surface area contributed by atoms with E-state index >= 15 is 0 Å². The third-order valence-electron chi connectivity index (χ3n) is 2.53. The number of hydroxylamine groups is 2. The molecule has 0 N–H and O–H groups in total. The minimum absolute atomic E-state index is 0.00182. The Balaban J connectivity index is 1.96. The third kappa shape index (κ3) is 2.97. The Morgan fingerprint density at radius 3 is 3.00 bits per heavy atom. The van der Waals surface area contributed by atoms with Gasteiger partial charge in [0.25, 0.3) is 5.91 Å². The number of nitrogens with zero attached hydrogens (tertiary/aromatic N) is 1. The minimum atomic E-state index is 0.00182. The molecule has 0 aliphatic carbocycles. The lowest BCUT2D eigenvalue weighted by Gasteiger charge is -2.25. The summed E-state index contributed by atoms with van der Waals surface area (Å²) in [4.78, 5) is 17.1. The molecule has 1 aliphatic heterocycles. The summed E-state index contributed by atoms with van der Waals surface area (Å²) in [7, 11) is 0. The molecule has 2 rings (SSSR count). The highest BCUT2D eigenvalue weighted by Gasteiger charge is 2.17. The number of rotatable bonds is 2. The lowest BCUT2D eigenvalue weighted by molar-refractivity contribution is -0.196. The first-order valence-corrected chi connectivity index (χ1v) is 5.81. The third-order valence-corrected chi connectivity index (χ3v) is 2.76. The van der Waals surface area contributed by atoms with E-state index in [1.807, 2.05) is 18.2 Å². The van der Waals surface area contributed by atoms with E-state index in [4.69, 9.17) is 16.4 Å². The molecular weight excluding hydrogens is 226 g/mol. The summed E-state index contributed by atoms with van der Waals surface area (Å²) in [6.07, 6.45) is 2.39. The Labute approximate surface area is 99.9 Å². The van der Waals surface area contributed by atoms with Crippen LogP contribution in [0.1, 0.15) is 18.4 Å². The van der Waals surface area contributed by atoms with Crippen molar-refractivity contribution >= 4 is 17.5 Å². The Morgan fingerprint density at radius 1 is 1.44 bits per heavy atom. The molecule has 1 saturated heterocycles. The second kappa shape index (κ2) is 5.32. The van der Waals surface area contributed by atoms with Crippen LogP contribution in [-0.4, -0.2) is 24.1 Å². The van der Waals surface area contributed by atoms with Gasteiger partial charge in [-0.05, 0) is 30.5 Å². The predicted molar refractivity (Wildman–Crippen MR) is 62.1 cm³/mol. The van der Waals surface area contributed by atoms with Crippen molar-refractivity contribution in [3.63, 3.8) is 0 Å². The van der Waals surface area contributed by atoms with Crippen molar-refractivity contribution in [2.75, 3.05) is 13.2 Å². The molecule has 1 aromatic rings. The summed E-state index contributed by atoms with van der Waals surface area (Å²) < 4.78 is 0. The van der Waals surface area contributed by atoms with E-state index < -0.39 is 0 Å². The summed E-state index contributed by atoms with van der Waals surface area (Å²) in [5.41, 5.74) is 0.923. The van der Waals surface area contributed by atoms with Gasteiger partial charge in [0, 0.05) is 11.6 Å². The van der Waals surface area contributed by atoms with Gasteiger partial charge >= 0.3 is 0 Å². The van der Waals surface area contributed by atoms with Crippen LogP contribution in [0.5, 0.6) is 0 Å². The van der Waals surface area contributed by atoms with Gasteiger partial charge in [-0.3, -0.25) is 9.63 Å². The number of carbonyl (C=O) groups excluding carboxylic acids is 1. The smallest absolute Gasteiger partial charge is 0.250 e. The van der Waals surface area contributed by atoms with Crippen LogP contribution >= 0.6 is 11.6 Å². The molecule has 0 radical (unpaired) electrons. The van der Waals surface area contributed by atoms with Crippen LogP contribution in [0.15, 0.2) is 24.3 Å². The van der Waals surface area contributed by atoms with E-state index in [1.165, 1.54) is 5.06 Å². The molecule has 1 heterocycles. The number of hydrogen-bond acceptors (Lipinski definition) is 2. The van der Waals surface area contributed by atoms with Crippen molar-refractivity contribution in [2.45, 2.75) is 19.3 Å². The molecule has 1 amide bonds. The van der Waals surface area contributed by atoms with Gasteiger partial charge in [0.15, 0.2) is 0 Å². The fourth-order valence-corrected chi connectivity index (χ4v) is 1.92. The Bertz CT molecular complexity index is 375. The van der Waals surface area contributed by atoms with E-state index in [0.29, 0.717) is 24.6 Å². The Hall–Kier alpha value is -1.06. The normalized spacial score (nSPS) is 16.2. The molecule has 0 aromatic heterocycles. The van der Waals surface area contributed by atoms with Crippen LogP contribution in [-0.2, 0) is 16.1 Å². The van der Waals surface area contributed by atoms with Crippen molar-refractivity contribution in [2.24, 2.45) is 0 Å². The first kappa shape index (κ1) is 11.4. The molecule has 4 heteroatoms. The highest BCUT2D eigenvalue weighted by Crippen LogP contribution is 2.13. The molecule has 1 aliphatic rings. The fraction of sp³-hybridized carbons (Fsp3) is 0.417. The molecule has 0 spiro atoms. The minimum Gasteiger partial charge on any atom is -0.272 e. The van der Waals surface area contributed by atoms with Crippen molar-refractivity contribution in [1.82, 2.24) is 5.06 Å². The first-order valence-electron chi connectivity index (χ1n) is 5.43. The van der Waals surface area contributed by atoms with E-state index in [1.54, 1.807) is 6.07 Å². The number of halogens is 1. The second-order valence-corrected chi connectivity index (χ2v) is 4.28. The van der Waals surface area contributed by atoms with Crippen LogP contribution in [0, 0.1) is 0 Å². The van der Waals surface area contributed by atoms with Crippen LogP contribution in [0.25, 0.3) is 0 Å². The average molecular weight is 240 g/mol. The van der Waals surface area contributed by atoms with Gasteiger partial charge in [-0.1, -0.05) is 23.7 Å². The summed E-state index contributed by atoms with van der Waals surface area (Å²) in [5.74, 6) is 0.00182. The second-order valence-electron chi connectivity index (χ2n) is 3.84. The van der Waals surface area contributed by atoms with Crippen LogP contribution < -0.4 is 0 Å². The number of benzene rings is 1. The quantitative estimate of drug-likeness (QED) is 0.793. The van der Waals surface area contributed by atoms with Crippen molar-refractivity contribution in [3.8, 4) is 0 Å². The summed E-state index contributed by atoms with van der Waals surface area (Å²) >= 11 is 5.86. The molecule has 16 heavy (non-hydrogen) atoms. The van der Waals surface area contributed by atoms with Crippen molar-refractivity contribution in [3.05, 3.63) is 34.9 Å². The molecule has 1 fully saturated rings. The van der Waals surface area contributed by atoms with Gasteiger partial charge < -0.3 is 0 Å². The maximum Gasteiger partial charge on any atom is 0.250 e. The first-order chi connectivity index (χ1) is 7.75. The molecular formula is C12H14ClNO2. The molecule has 3 nitrogen and oxygen atoms in total. The van der Waals surface area contributed by atoms with Crippen LogP contribution in [0.3, 0.4) is 0 Å². The molecule has 0 atom stereocenters. The van der Waals surface area contributed by atoms with E-state index in [9.17, 15) is 4.79 Å². The average Bonchev–Trinajstić information content (AvgIpc) is 2.30. The van der Waals surface area contributed by atoms with E-state index in [2.05, 4.69) is 0 Å². The number of amides is 1. The zero-order chi connectivity index (χ0) is 11.4. The van der Waals surface area contributed by atoms with E-state index in [-0.39, 0.29) is 5.91 Å².